The molecule has 0 aliphatic rings. The van der Waals surface area contributed by atoms with Crippen molar-refractivity contribution in [2.24, 2.45) is 0 Å². The largest absolute Gasteiger partial charge is 0.478 e. The smallest absolute Gasteiger partial charge is 0.328 e. The van der Waals surface area contributed by atoms with Gasteiger partial charge in [0.2, 0.25) is 0 Å². The lowest BCUT2D eigenvalue weighted by Crippen LogP contribution is -2.32. The molecule has 1 N–H and O–H groups in total. The number of hydrogen-bond donors (Lipinski definition) is 1. The summed E-state index contributed by atoms with van der Waals surface area (Å²) >= 11 is 0. The first-order valence-electron chi connectivity index (χ1n) is 4.65. The fourth-order valence-electron chi connectivity index (χ4n) is 1.18. The third-order valence-electron chi connectivity index (χ3n) is 1.83. The molecule has 0 amide bonds. The van der Waals surface area contributed by atoms with Crippen molar-refractivity contribution >= 4 is 5.97 Å². The monoisotopic (exact) mass is 207 g/mol. The second-order valence-electron chi connectivity index (χ2n) is 2.95. The van der Waals surface area contributed by atoms with Gasteiger partial charge in [-0.1, -0.05) is 24.3 Å². The molecule has 0 radical (unpaired) electrons. The Kier molecular flexibility index (Phi) is 6.93. The Morgan fingerprint density at radius 1 is 1.27 bits per heavy atom. The van der Waals surface area contributed by atoms with Gasteiger partial charge in [-0.15, -0.1) is 19.7 Å². The molecule has 0 aromatic heterocycles. The lowest BCUT2D eigenvalue weighted by Gasteiger charge is -2.24. The predicted molar refractivity (Wildman–Crippen MR) is 62.7 cm³/mol. The zero-order chi connectivity index (χ0) is 11.7. The van der Waals surface area contributed by atoms with Gasteiger partial charge in [-0.3, -0.25) is 4.90 Å². The zero-order valence-corrected chi connectivity index (χ0v) is 8.80. The molecular weight excluding hydrogens is 190 g/mol. The third-order valence-corrected chi connectivity index (χ3v) is 1.83. The minimum Gasteiger partial charge on any atom is -0.478 e. The maximum Gasteiger partial charge on any atom is 0.328 e. The molecule has 0 spiro atoms. The van der Waals surface area contributed by atoms with Crippen molar-refractivity contribution in [3.8, 4) is 0 Å². The van der Waals surface area contributed by atoms with Crippen LogP contribution in [-0.2, 0) is 4.79 Å². The standard InChI is InChI=1S/C12H17NO2/c1-4-9-13(10-5-2)11(6-3)7-8-12(14)15/h4-8,11H,1-3,9-10H2,(H,14,15). The summed E-state index contributed by atoms with van der Waals surface area (Å²) in [4.78, 5) is 12.4. The highest BCUT2D eigenvalue weighted by Gasteiger charge is 2.09. The Morgan fingerprint density at radius 2 is 1.80 bits per heavy atom. The van der Waals surface area contributed by atoms with E-state index in [9.17, 15) is 4.79 Å². The number of hydrogen-bond acceptors (Lipinski definition) is 2. The lowest BCUT2D eigenvalue weighted by atomic mass is 10.2. The van der Waals surface area contributed by atoms with Crippen molar-refractivity contribution in [2.75, 3.05) is 13.1 Å². The molecule has 3 heteroatoms. The van der Waals surface area contributed by atoms with Gasteiger partial charge in [0, 0.05) is 25.2 Å². The highest BCUT2D eigenvalue weighted by atomic mass is 16.4. The highest BCUT2D eigenvalue weighted by Crippen LogP contribution is 2.03. The molecule has 0 aromatic carbocycles. The molecule has 1 unspecified atom stereocenters. The van der Waals surface area contributed by atoms with E-state index in [2.05, 4.69) is 19.7 Å². The number of carboxylic acids is 1. The van der Waals surface area contributed by atoms with Crippen molar-refractivity contribution in [3.63, 3.8) is 0 Å². The summed E-state index contributed by atoms with van der Waals surface area (Å²) in [6.07, 6.45) is 7.91. The van der Waals surface area contributed by atoms with Gasteiger partial charge in [-0.2, -0.15) is 0 Å². The number of carbonyl (C=O) groups is 1. The molecule has 3 nitrogen and oxygen atoms in total. The molecular formula is C12H17NO2. The highest BCUT2D eigenvalue weighted by molar-refractivity contribution is 5.79. The fourth-order valence-corrected chi connectivity index (χ4v) is 1.18. The second-order valence-corrected chi connectivity index (χ2v) is 2.95. The maximum atomic E-state index is 10.4. The molecule has 0 saturated carbocycles. The average Bonchev–Trinajstić information content (AvgIpc) is 2.19. The summed E-state index contributed by atoms with van der Waals surface area (Å²) in [7, 11) is 0. The summed E-state index contributed by atoms with van der Waals surface area (Å²) in [6, 6.07) is -0.114. The van der Waals surface area contributed by atoms with E-state index >= 15 is 0 Å². The van der Waals surface area contributed by atoms with Crippen LogP contribution >= 0.6 is 0 Å². The van der Waals surface area contributed by atoms with Crippen molar-refractivity contribution in [1.29, 1.82) is 0 Å². The molecule has 0 aliphatic heterocycles. The van der Waals surface area contributed by atoms with Crippen molar-refractivity contribution in [2.45, 2.75) is 6.04 Å². The van der Waals surface area contributed by atoms with Crippen LogP contribution in [0.4, 0.5) is 0 Å². The minimum atomic E-state index is -0.959. The van der Waals surface area contributed by atoms with E-state index in [0.29, 0.717) is 13.1 Å². The first kappa shape index (κ1) is 13.4. The van der Waals surface area contributed by atoms with Gasteiger partial charge >= 0.3 is 5.97 Å². The SMILES string of the molecule is C=CCN(CC=C)C(C=C)C=CC(=O)O. The van der Waals surface area contributed by atoms with Gasteiger partial charge in [0.15, 0.2) is 0 Å². The van der Waals surface area contributed by atoms with Gasteiger partial charge in [-0.05, 0) is 0 Å². The van der Waals surface area contributed by atoms with Crippen LogP contribution in [0.3, 0.4) is 0 Å². The van der Waals surface area contributed by atoms with E-state index in [0.717, 1.165) is 6.08 Å². The van der Waals surface area contributed by atoms with Crippen LogP contribution in [0.15, 0.2) is 50.1 Å². The van der Waals surface area contributed by atoms with Crippen LogP contribution in [0.25, 0.3) is 0 Å². The molecule has 0 rings (SSSR count). The van der Waals surface area contributed by atoms with E-state index in [-0.39, 0.29) is 6.04 Å². The van der Waals surface area contributed by atoms with Crippen molar-refractivity contribution in [3.05, 3.63) is 50.1 Å². The molecule has 0 bridgehead atoms. The molecule has 15 heavy (non-hydrogen) atoms. The Morgan fingerprint density at radius 3 is 2.13 bits per heavy atom. The van der Waals surface area contributed by atoms with Gasteiger partial charge in [0.25, 0.3) is 0 Å². The topological polar surface area (TPSA) is 40.5 Å². The summed E-state index contributed by atoms with van der Waals surface area (Å²) in [5.74, 6) is -0.959. The Labute approximate surface area is 90.7 Å². The summed E-state index contributed by atoms with van der Waals surface area (Å²) < 4.78 is 0. The Hall–Kier alpha value is -1.61. The Balaban J connectivity index is 4.55. The molecule has 0 fully saturated rings. The third kappa shape index (κ3) is 5.65. The Bertz CT molecular complexity index is 259. The molecule has 0 aliphatic carbocycles. The van der Waals surface area contributed by atoms with Gasteiger partial charge in [0.05, 0.1) is 0 Å². The van der Waals surface area contributed by atoms with Crippen LogP contribution in [0.1, 0.15) is 0 Å². The average molecular weight is 207 g/mol. The molecule has 0 aromatic rings. The summed E-state index contributed by atoms with van der Waals surface area (Å²) in [5, 5.41) is 8.52. The minimum absolute atomic E-state index is 0.114. The number of aliphatic carboxylic acids is 1. The lowest BCUT2D eigenvalue weighted by molar-refractivity contribution is -0.131. The molecule has 82 valence electrons. The van der Waals surface area contributed by atoms with Crippen LogP contribution in [0.2, 0.25) is 0 Å². The summed E-state index contributed by atoms with van der Waals surface area (Å²) in [5.41, 5.74) is 0. The zero-order valence-electron chi connectivity index (χ0n) is 8.80. The first-order valence-corrected chi connectivity index (χ1v) is 4.65. The quantitative estimate of drug-likeness (QED) is 0.488. The summed E-state index contributed by atoms with van der Waals surface area (Å²) in [6.45, 7) is 12.3. The molecule has 1 atom stereocenters. The van der Waals surface area contributed by atoms with E-state index in [1.807, 2.05) is 4.90 Å². The van der Waals surface area contributed by atoms with Crippen LogP contribution in [-0.4, -0.2) is 35.1 Å². The number of rotatable bonds is 8. The van der Waals surface area contributed by atoms with E-state index < -0.39 is 5.97 Å². The van der Waals surface area contributed by atoms with Crippen LogP contribution < -0.4 is 0 Å². The molecule has 0 saturated heterocycles. The molecule has 0 heterocycles. The van der Waals surface area contributed by atoms with Crippen molar-refractivity contribution in [1.82, 2.24) is 4.90 Å². The van der Waals surface area contributed by atoms with Crippen molar-refractivity contribution < 1.29 is 9.90 Å². The van der Waals surface area contributed by atoms with Gasteiger partial charge in [-0.25, -0.2) is 4.79 Å². The van der Waals surface area contributed by atoms with E-state index in [1.165, 1.54) is 0 Å². The van der Waals surface area contributed by atoms with E-state index in [4.69, 9.17) is 5.11 Å². The second kappa shape index (κ2) is 7.76. The fraction of sp³-hybridized carbons (Fsp3) is 0.250. The van der Waals surface area contributed by atoms with E-state index in [1.54, 1.807) is 24.3 Å². The predicted octanol–water partition coefficient (Wildman–Crippen LogP) is 1.86. The van der Waals surface area contributed by atoms with Gasteiger partial charge < -0.3 is 5.11 Å². The van der Waals surface area contributed by atoms with Crippen LogP contribution in [0.5, 0.6) is 0 Å². The first-order chi connectivity index (χ1) is 7.15. The number of carboxylic acid groups (broad SMARTS) is 1. The normalized spacial score (nSPS) is 12.6. The van der Waals surface area contributed by atoms with Crippen LogP contribution in [0, 0.1) is 0 Å². The number of nitrogens with zero attached hydrogens (tertiary/aromatic N) is 1. The maximum absolute atomic E-state index is 10.4. The van der Waals surface area contributed by atoms with Gasteiger partial charge in [0.1, 0.15) is 0 Å².